The van der Waals surface area contributed by atoms with Crippen LogP contribution in [0.4, 0.5) is 45.0 Å². The number of sulfone groups is 1. The van der Waals surface area contributed by atoms with Crippen LogP contribution in [0.5, 0.6) is 0 Å². The Balaban J connectivity index is 0.000000182. The van der Waals surface area contributed by atoms with Gasteiger partial charge in [-0.15, -0.1) is 20.4 Å². The number of carboxylic acid groups (broad SMARTS) is 1. The summed E-state index contributed by atoms with van der Waals surface area (Å²) in [5.41, 5.74) is 6.62. The summed E-state index contributed by atoms with van der Waals surface area (Å²) in [6.07, 6.45) is 4.17. The molecular formula is C53H44F5N11O6S2. The molecule has 4 aromatic carbocycles. The number of carboxylic acids is 1. The van der Waals surface area contributed by atoms with Gasteiger partial charge in [0.15, 0.2) is 33.1 Å². The number of aliphatic carboxylic acids is 1. The van der Waals surface area contributed by atoms with E-state index >= 15 is 0 Å². The first-order valence-corrected chi connectivity index (χ1v) is 26.0. The standard InChI is InChI=1S/C28H26FN5O2S.C23H17FN6O2S.C2HF3O2/c1-28(2,3)18-37(35,36)23-14-20(16-30-17-23)27-33-32-26(31-22-11-7-10-21(29)15-22)25-24(12-13-34(25)27)19-8-5-4-6-9-19;24-17-7-4-8-18(12-17)27-22-21-20(15-5-2-1-3-6-15)9-10-30(21)23(29-28-22)16-11-19(14-26-13-16)33(25,31)32;3-2(4,5)1(6)7/h4-17H,18H2,1-3H3,(H,31,32);1-14H,(H,27,28)(H2,25,31,32);(H,6,7). The SMILES string of the molecule is CC(C)(C)CS(=O)(=O)c1cncc(-c2nnc(Nc3cccc(F)c3)c3c(-c4ccccc4)ccn23)c1.NS(=O)(=O)c1cncc(-c2nnc(Nc3cccc(F)c3)c3c(-c4ccccc4)ccn23)c1.O=C(O)C(F)(F)F. The Kier molecular flexibility index (Phi) is 15.6. The van der Waals surface area contributed by atoms with E-state index in [1.54, 1.807) is 40.9 Å². The maximum Gasteiger partial charge on any atom is 0.490 e. The summed E-state index contributed by atoms with van der Waals surface area (Å²) in [7, 11) is -7.51. The van der Waals surface area contributed by atoms with Crippen molar-refractivity contribution in [3.8, 4) is 45.0 Å². The van der Waals surface area contributed by atoms with Crippen LogP contribution in [0.15, 0.2) is 180 Å². The van der Waals surface area contributed by atoms with Gasteiger partial charge in [-0.3, -0.25) is 18.8 Å². The maximum absolute atomic E-state index is 13.9. The summed E-state index contributed by atoms with van der Waals surface area (Å²) in [5.74, 6) is -1.88. The molecule has 394 valence electrons. The smallest absolute Gasteiger partial charge is 0.475 e. The molecule has 10 rings (SSSR count). The average Bonchev–Trinajstić information content (AvgIpc) is 4.08. The Bertz CT molecular complexity index is 4010. The summed E-state index contributed by atoms with van der Waals surface area (Å²) in [4.78, 5) is 17.1. The second-order valence-electron chi connectivity index (χ2n) is 18.1. The first kappa shape index (κ1) is 54.3. The Morgan fingerprint density at radius 3 is 1.38 bits per heavy atom. The van der Waals surface area contributed by atoms with E-state index in [0.29, 0.717) is 56.8 Å². The van der Waals surface area contributed by atoms with Crippen molar-refractivity contribution >= 4 is 59.9 Å². The van der Waals surface area contributed by atoms with Crippen molar-refractivity contribution in [1.82, 2.24) is 39.2 Å². The molecule has 0 unspecified atom stereocenters. The first-order valence-electron chi connectivity index (χ1n) is 22.8. The molecule has 0 aliphatic heterocycles. The number of pyridine rings is 2. The molecular weight excluding hydrogens is 1050 g/mol. The van der Waals surface area contributed by atoms with Crippen LogP contribution < -0.4 is 15.8 Å². The Morgan fingerprint density at radius 2 is 0.987 bits per heavy atom. The topological polar surface area (TPSA) is 242 Å². The molecule has 0 fully saturated rings. The number of nitrogens with one attached hydrogen (secondary N) is 2. The zero-order valence-electron chi connectivity index (χ0n) is 40.7. The number of alkyl halides is 3. The van der Waals surface area contributed by atoms with Crippen molar-refractivity contribution in [2.75, 3.05) is 16.4 Å². The summed E-state index contributed by atoms with van der Waals surface area (Å²) in [6, 6.07) is 38.5. The molecule has 24 heteroatoms. The Labute approximate surface area is 436 Å². The molecule has 0 saturated carbocycles. The van der Waals surface area contributed by atoms with Crippen molar-refractivity contribution in [2.24, 2.45) is 10.6 Å². The number of sulfonamides is 1. The number of hydrogen-bond acceptors (Lipinski definition) is 13. The molecule has 77 heavy (non-hydrogen) atoms. The minimum atomic E-state index is -5.08. The molecule has 0 amide bonds. The molecule has 10 aromatic rings. The molecule has 5 N–H and O–H groups in total. The molecule has 0 aliphatic carbocycles. The molecule has 0 radical (unpaired) electrons. The second kappa shape index (κ2) is 22.1. The minimum absolute atomic E-state index is 0.00953. The van der Waals surface area contributed by atoms with Gasteiger partial charge in [-0.05, 0) is 77.2 Å². The third-order valence-electron chi connectivity index (χ3n) is 11.0. The fourth-order valence-electron chi connectivity index (χ4n) is 7.82. The van der Waals surface area contributed by atoms with Crippen LogP contribution in [0.2, 0.25) is 0 Å². The number of hydrogen-bond donors (Lipinski definition) is 4. The van der Waals surface area contributed by atoms with E-state index in [-0.39, 0.29) is 27.2 Å². The number of nitrogens with zero attached hydrogens (tertiary/aromatic N) is 8. The summed E-state index contributed by atoms with van der Waals surface area (Å²) in [5, 5.41) is 36.2. The molecule has 0 aliphatic rings. The third kappa shape index (κ3) is 13.1. The molecule has 0 spiro atoms. The number of halogens is 5. The molecule has 6 heterocycles. The monoisotopic (exact) mass is 1090 g/mol. The number of nitrogens with two attached hydrogens (primary N) is 1. The quantitative estimate of drug-likeness (QED) is 0.0881. The number of rotatable bonds is 11. The number of anilines is 4. The number of benzene rings is 4. The van der Waals surface area contributed by atoms with Crippen LogP contribution in [0.1, 0.15) is 20.8 Å². The highest BCUT2D eigenvalue weighted by molar-refractivity contribution is 7.91. The lowest BCUT2D eigenvalue weighted by atomic mass is 10.0. The van der Waals surface area contributed by atoms with Gasteiger partial charge in [-0.2, -0.15) is 13.2 Å². The summed E-state index contributed by atoms with van der Waals surface area (Å²) in [6.45, 7) is 5.64. The van der Waals surface area contributed by atoms with Crippen molar-refractivity contribution in [2.45, 2.75) is 36.7 Å². The van der Waals surface area contributed by atoms with Gasteiger partial charge in [-0.1, -0.05) is 93.6 Å². The van der Waals surface area contributed by atoms with Gasteiger partial charge in [0.05, 0.1) is 21.7 Å². The van der Waals surface area contributed by atoms with Crippen LogP contribution >= 0.6 is 0 Å². The molecule has 0 atom stereocenters. The highest BCUT2D eigenvalue weighted by Gasteiger charge is 2.38. The van der Waals surface area contributed by atoms with Gasteiger partial charge in [0.2, 0.25) is 10.0 Å². The Hall–Kier alpha value is -9.00. The van der Waals surface area contributed by atoms with Crippen molar-refractivity contribution < 1.29 is 48.7 Å². The highest BCUT2D eigenvalue weighted by atomic mass is 32.2. The predicted octanol–water partition coefficient (Wildman–Crippen LogP) is 10.8. The molecule has 0 saturated heterocycles. The van der Waals surface area contributed by atoms with Crippen molar-refractivity contribution in [1.29, 1.82) is 0 Å². The molecule has 6 aromatic heterocycles. The second-order valence-corrected chi connectivity index (χ2v) is 21.7. The van der Waals surface area contributed by atoms with E-state index in [0.717, 1.165) is 22.3 Å². The minimum Gasteiger partial charge on any atom is -0.475 e. The largest absolute Gasteiger partial charge is 0.490 e. The van der Waals surface area contributed by atoms with Gasteiger partial charge >= 0.3 is 12.1 Å². The van der Waals surface area contributed by atoms with Gasteiger partial charge in [0, 0.05) is 70.8 Å². The number of carbonyl (C=O) groups is 1. The van der Waals surface area contributed by atoms with Gasteiger partial charge in [0.25, 0.3) is 0 Å². The normalized spacial score (nSPS) is 11.8. The van der Waals surface area contributed by atoms with Crippen LogP contribution in [0.3, 0.4) is 0 Å². The molecule has 17 nitrogen and oxygen atoms in total. The zero-order valence-corrected chi connectivity index (χ0v) is 42.4. The fraction of sp³-hybridized carbons (Fsp3) is 0.113. The predicted molar refractivity (Wildman–Crippen MR) is 279 cm³/mol. The lowest BCUT2D eigenvalue weighted by Gasteiger charge is -2.18. The molecule has 0 bridgehead atoms. The summed E-state index contributed by atoms with van der Waals surface area (Å²) < 4.78 is 113. The lowest BCUT2D eigenvalue weighted by molar-refractivity contribution is -0.192. The maximum atomic E-state index is 13.9. The number of primary sulfonamides is 1. The van der Waals surface area contributed by atoms with Crippen LogP contribution in [-0.4, -0.2) is 79.0 Å². The van der Waals surface area contributed by atoms with Gasteiger partial charge in [-0.25, -0.2) is 35.5 Å². The van der Waals surface area contributed by atoms with E-state index in [4.69, 9.17) is 15.0 Å². The van der Waals surface area contributed by atoms with Crippen molar-refractivity contribution in [3.63, 3.8) is 0 Å². The van der Waals surface area contributed by atoms with Gasteiger partial charge < -0.3 is 15.7 Å². The van der Waals surface area contributed by atoms with E-state index in [1.165, 1.54) is 48.9 Å². The lowest BCUT2D eigenvalue weighted by Crippen LogP contribution is -2.21. The van der Waals surface area contributed by atoms with Crippen LogP contribution in [-0.2, 0) is 24.7 Å². The van der Waals surface area contributed by atoms with Crippen molar-refractivity contribution in [3.05, 3.63) is 182 Å². The summed E-state index contributed by atoms with van der Waals surface area (Å²) >= 11 is 0. The van der Waals surface area contributed by atoms with E-state index in [1.807, 2.05) is 110 Å². The fourth-order valence-corrected chi connectivity index (χ4v) is 10.2. The van der Waals surface area contributed by atoms with E-state index < -0.39 is 37.4 Å². The first-order chi connectivity index (χ1) is 36.4. The third-order valence-corrected chi connectivity index (χ3v) is 14.1. The number of aromatic nitrogens is 8. The average molecular weight is 1090 g/mol. The Morgan fingerprint density at radius 1 is 0.571 bits per heavy atom. The van der Waals surface area contributed by atoms with Crippen LogP contribution in [0, 0.1) is 17.0 Å². The number of fused-ring (bicyclic) bond motifs is 2. The van der Waals surface area contributed by atoms with Gasteiger partial charge in [0.1, 0.15) is 16.5 Å². The van der Waals surface area contributed by atoms with E-state index in [2.05, 4.69) is 41.0 Å². The van der Waals surface area contributed by atoms with Crippen LogP contribution in [0.25, 0.3) is 56.1 Å². The highest BCUT2D eigenvalue weighted by Crippen LogP contribution is 2.36. The van der Waals surface area contributed by atoms with E-state index in [9.17, 15) is 38.8 Å². The zero-order chi connectivity index (χ0) is 55.3.